The molecule has 0 aromatic carbocycles. The van der Waals surface area contributed by atoms with E-state index >= 15 is 0 Å². The molecule has 0 amide bonds. The van der Waals surface area contributed by atoms with Crippen molar-refractivity contribution in [1.29, 1.82) is 0 Å². The van der Waals surface area contributed by atoms with Crippen LogP contribution >= 0.6 is 11.3 Å². The van der Waals surface area contributed by atoms with E-state index in [1.54, 1.807) is 11.3 Å². The summed E-state index contributed by atoms with van der Waals surface area (Å²) in [6, 6.07) is 3.84. The van der Waals surface area contributed by atoms with Gasteiger partial charge in [-0.3, -0.25) is 0 Å². The van der Waals surface area contributed by atoms with E-state index in [9.17, 15) is 4.79 Å². The molecule has 2 heterocycles. The highest BCUT2D eigenvalue weighted by Crippen LogP contribution is 2.16. The summed E-state index contributed by atoms with van der Waals surface area (Å²) in [5.41, 5.74) is 0.741. The zero-order valence-corrected chi connectivity index (χ0v) is 6.43. The predicted molar refractivity (Wildman–Crippen MR) is 41.6 cm³/mol. The molecule has 1 aliphatic heterocycles. The highest BCUT2D eigenvalue weighted by Gasteiger charge is 2.19. The first-order chi connectivity index (χ1) is 5.36. The number of carbonyl (C=O) groups excluding carboxylic acids is 1. The van der Waals surface area contributed by atoms with Crippen molar-refractivity contribution in [2.24, 2.45) is 5.16 Å². The molecule has 2 rings (SSSR count). The average molecular weight is 167 g/mol. The van der Waals surface area contributed by atoms with Crippen LogP contribution in [-0.4, -0.2) is 11.7 Å². The largest absolute Gasteiger partial charge is 0.341 e. The predicted octanol–water partition coefficient (Wildman–Crippen LogP) is 1.40. The van der Waals surface area contributed by atoms with E-state index in [1.807, 2.05) is 17.5 Å². The summed E-state index contributed by atoms with van der Waals surface area (Å²) in [6.45, 7) is 0. The number of nitrogens with zero attached hydrogens (tertiary/aromatic N) is 1. The lowest BCUT2D eigenvalue weighted by Gasteiger charge is -1.85. The van der Waals surface area contributed by atoms with E-state index in [0.29, 0.717) is 6.42 Å². The molecular formula is C7H5NO2S. The van der Waals surface area contributed by atoms with Crippen molar-refractivity contribution < 1.29 is 9.63 Å². The van der Waals surface area contributed by atoms with E-state index in [0.717, 1.165) is 10.6 Å². The van der Waals surface area contributed by atoms with Gasteiger partial charge in [0.25, 0.3) is 0 Å². The third kappa shape index (κ3) is 1.17. The Bertz CT molecular complexity index is 302. The minimum Gasteiger partial charge on any atom is -0.318 e. The van der Waals surface area contributed by atoms with Crippen LogP contribution in [0, 0.1) is 0 Å². The van der Waals surface area contributed by atoms with Crippen molar-refractivity contribution in [3.63, 3.8) is 0 Å². The summed E-state index contributed by atoms with van der Waals surface area (Å²) in [5, 5.41) is 5.58. The maximum absolute atomic E-state index is 10.6. The van der Waals surface area contributed by atoms with E-state index in [4.69, 9.17) is 0 Å². The Balaban J connectivity index is 2.26. The molecule has 0 saturated carbocycles. The minimum atomic E-state index is -0.270. The van der Waals surface area contributed by atoms with Gasteiger partial charge < -0.3 is 4.84 Å². The van der Waals surface area contributed by atoms with Crippen LogP contribution in [0.4, 0.5) is 0 Å². The van der Waals surface area contributed by atoms with Crippen LogP contribution in [0.25, 0.3) is 0 Å². The molecule has 0 unspecified atom stereocenters. The zero-order valence-electron chi connectivity index (χ0n) is 5.61. The molecular weight excluding hydrogens is 162 g/mol. The van der Waals surface area contributed by atoms with Crippen LogP contribution in [0.15, 0.2) is 22.7 Å². The average Bonchev–Trinajstić information content (AvgIpc) is 2.55. The van der Waals surface area contributed by atoms with E-state index in [-0.39, 0.29) is 5.97 Å². The highest BCUT2D eigenvalue weighted by atomic mass is 32.1. The number of thiophene rings is 1. The number of rotatable bonds is 1. The van der Waals surface area contributed by atoms with Gasteiger partial charge in [0.15, 0.2) is 0 Å². The highest BCUT2D eigenvalue weighted by molar-refractivity contribution is 7.12. The first-order valence-electron chi connectivity index (χ1n) is 3.17. The van der Waals surface area contributed by atoms with Gasteiger partial charge in [0.1, 0.15) is 5.71 Å². The minimum absolute atomic E-state index is 0.270. The Morgan fingerprint density at radius 1 is 1.64 bits per heavy atom. The van der Waals surface area contributed by atoms with Gasteiger partial charge >= 0.3 is 5.97 Å². The first kappa shape index (κ1) is 6.54. The van der Waals surface area contributed by atoms with E-state index < -0.39 is 0 Å². The fourth-order valence-electron chi connectivity index (χ4n) is 0.882. The lowest BCUT2D eigenvalue weighted by atomic mass is 10.2. The summed E-state index contributed by atoms with van der Waals surface area (Å²) < 4.78 is 0. The Morgan fingerprint density at radius 2 is 2.55 bits per heavy atom. The van der Waals surface area contributed by atoms with Gasteiger partial charge in [0.2, 0.25) is 0 Å². The second-order valence-electron chi connectivity index (χ2n) is 2.16. The topological polar surface area (TPSA) is 38.7 Å². The second kappa shape index (κ2) is 2.47. The van der Waals surface area contributed by atoms with Gasteiger partial charge in [-0.15, -0.1) is 11.3 Å². The van der Waals surface area contributed by atoms with Crippen molar-refractivity contribution >= 4 is 23.0 Å². The molecule has 0 atom stereocenters. The summed E-state index contributed by atoms with van der Waals surface area (Å²) in [4.78, 5) is 16.1. The van der Waals surface area contributed by atoms with E-state index in [1.165, 1.54) is 0 Å². The maximum atomic E-state index is 10.6. The molecule has 1 aliphatic rings. The molecule has 0 radical (unpaired) electrons. The van der Waals surface area contributed by atoms with Crippen molar-refractivity contribution in [3.05, 3.63) is 22.4 Å². The van der Waals surface area contributed by atoms with Gasteiger partial charge in [-0.05, 0) is 11.4 Å². The molecule has 3 nitrogen and oxygen atoms in total. The van der Waals surface area contributed by atoms with E-state index in [2.05, 4.69) is 9.99 Å². The molecule has 1 aromatic heterocycles. The van der Waals surface area contributed by atoms with Crippen molar-refractivity contribution in [2.45, 2.75) is 6.42 Å². The van der Waals surface area contributed by atoms with Gasteiger partial charge in [0.05, 0.1) is 11.3 Å². The van der Waals surface area contributed by atoms with Crippen LogP contribution < -0.4 is 0 Å². The monoisotopic (exact) mass is 167 g/mol. The molecule has 0 fully saturated rings. The van der Waals surface area contributed by atoms with Crippen LogP contribution in [-0.2, 0) is 9.63 Å². The summed E-state index contributed by atoms with van der Waals surface area (Å²) >= 11 is 1.56. The molecule has 0 aliphatic carbocycles. The molecule has 0 saturated heterocycles. The third-order valence-electron chi connectivity index (χ3n) is 1.38. The van der Waals surface area contributed by atoms with Gasteiger partial charge in [-0.2, -0.15) is 0 Å². The zero-order chi connectivity index (χ0) is 7.68. The SMILES string of the molecule is O=C1CC(c2cccs2)=NO1. The summed E-state index contributed by atoms with van der Waals surface area (Å²) in [5.74, 6) is -0.270. The molecule has 11 heavy (non-hydrogen) atoms. The normalized spacial score (nSPS) is 16.4. The fourth-order valence-corrected chi connectivity index (χ4v) is 1.59. The van der Waals surface area contributed by atoms with Crippen molar-refractivity contribution in [1.82, 2.24) is 0 Å². The smallest absolute Gasteiger partial charge is 0.318 e. The van der Waals surface area contributed by atoms with Gasteiger partial charge in [0, 0.05) is 0 Å². The number of carbonyl (C=O) groups is 1. The third-order valence-corrected chi connectivity index (χ3v) is 2.29. The Morgan fingerprint density at radius 3 is 3.09 bits per heavy atom. The Labute approximate surface area is 67.3 Å². The van der Waals surface area contributed by atoms with Crippen LogP contribution in [0.1, 0.15) is 11.3 Å². The molecule has 0 bridgehead atoms. The quantitative estimate of drug-likeness (QED) is 0.593. The van der Waals surface area contributed by atoms with Crippen LogP contribution in [0.5, 0.6) is 0 Å². The molecule has 1 aromatic rings. The van der Waals surface area contributed by atoms with Crippen molar-refractivity contribution in [3.8, 4) is 0 Å². The summed E-state index contributed by atoms with van der Waals surface area (Å²) in [6.07, 6.45) is 0.306. The molecule has 0 N–H and O–H groups in total. The standard InChI is InChI=1S/C7H5NO2S/c9-7-4-5(8-10-7)6-2-1-3-11-6/h1-3H,4H2. The Kier molecular flexibility index (Phi) is 1.47. The molecule has 0 spiro atoms. The second-order valence-corrected chi connectivity index (χ2v) is 3.10. The molecule has 56 valence electrons. The number of hydrogen-bond acceptors (Lipinski definition) is 4. The lowest BCUT2D eigenvalue weighted by Crippen LogP contribution is -1.97. The van der Waals surface area contributed by atoms with Crippen LogP contribution in [0.3, 0.4) is 0 Å². The van der Waals surface area contributed by atoms with Crippen LogP contribution in [0.2, 0.25) is 0 Å². The Hall–Kier alpha value is -1.16. The molecule has 4 heteroatoms. The van der Waals surface area contributed by atoms with Gasteiger partial charge in [-0.1, -0.05) is 11.2 Å². The number of oxime groups is 1. The fraction of sp³-hybridized carbons (Fsp3) is 0.143. The first-order valence-corrected chi connectivity index (χ1v) is 4.05. The van der Waals surface area contributed by atoms with Gasteiger partial charge in [-0.25, -0.2) is 4.79 Å². The van der Waals surface area contributed by atoms with Crippen molar-refractivity contribution in [2.75, 3.05) is 0 Å². The lowest BCUT2D eigenvalue weighted by molar-refractivity contribution is -0.140. The summed E-state index contributed by atoms with van der Waals surface area (Å²) in [7, 11) is 0. The maximum Gasteiger partial charge on any atom is 0.341 e. The number of hydrogen-bond donors (Lipinski definition) is 0.